The fraction of sp³-hybridized carbons (Fsp3) is 0.935. The highest BCUT2D eigenvalue weighted by atomic mass is 16.7. The van der Waals surface area contributed by atoms with E-state index < -0.39 is 49.5 Å². The van der Waals surface area contributed by atoms with Crippen molar-refractivity contribution in [3.63, 3.8) is 0 Å². The van der Waals surface area contributed by atoms with Crippen molar-refractivity contribution < 1.29 is 39.8 Å². The fourth-order valence-electron chi connectivity index (χ4n) is 7.57. The maximum absolute atomic E-state index is 13.0. The predicted molar refractivity (Wildman–Crippen MR) is 226 cm³/mol. The van der Waals surface area contributed by atoms with E-state index in [4.69, 9.17) is 9.47 Å². The summed E-state index contributed by atoms with van der Waals surface area (Å²) in [6.45, 7) is 3.83. The molecule has 1 saturated heterocycles. The lowest BCUT2D eigenvalue weighted by Gasteiger charge is -2.40. The molecule has 1 amide bonds. The SMILES string of the molecule is CCCCCCCC/C=C/CCCCCCCC(=O)N[C@@H](CO[C@@H]1O[C@H](CO)[C@@H](O)C(O)C1O)[C@H](O)CCCCCCCCCCCCCCCCCCC. The monoisotopic (exact) mass is 784 g/mol. The summed E-state index contributed by atoms with van der Waals surface area (Å²) in [4.78, 5) is 13.0. The molecule has 55 heavy (non-hydrogen) atoms. The van der Waals surface area contributed by atoms with Crippen LogP contribution in [0.5, 0.6) is 0 Å². The first-order valence-electron chi connectivity index (χ1n) is 23.4. The molecule has 1 heterocycles. The summed E-state index contributed by atoms with van der Waals surface area (Å²) in [6.07, 6.45) is 35.0. The van der Waals surface area contributed by atoms with E-state index >= 15 is 0 Å². The first kappa shape index (κ1) is 51.9. The highest BCUT2D eigenvalue weighted by molar-refractivity contribution is 5.76. The molecule has 0 aromatic rings. The Hall–Kier alpha value is -1.07. The number of aliphatic hydroxyl groups excluding tert-OH is 5. The van der Waals surface area contributed by atoms with E-state index in [1.165, 1.54) is 141 Å². The van der Waals surface area contributed by atoms with Crippen LogP contribution >= 0.6 is 0 Å². The molecule has 326 valence electrons. The van der Waals surface area contributed by atoms with Gasteiger partial charge >= 0.3 is 0 Å². The summed E-state index contributed by atoms with van der Waals surface area (Å²) >= 11 is 0. The Kier molecular flexibility index (Phi) is 35.2. The van der Waals surface area contributed by atoms with Gasteiger partial charge in [0.15, 0.2) is 6.29 Å². The smallest absolute Gasteiger partial charge is 0.220 e. The lowest BCUT2D eigenvalue weighted by Crippen LogP contribution is -2.60. The third-order valence-corrected chi connectivity index (χ3v) is 11.4. The largest absolute Gasteiger partial charge is 0.394 e. The summed E-state index contributed by atoms with van der Waals surface area (Å²) in [5.41, 5.74) is 0. The minimum atomic E-state index is -1.55. The number of carbonyl (C=O) groups excluding carboxylic acids is 1. The summed E-state index contributed by atoms with van der Waals surface area (Å²) in [5.74, 6) is -0.151. The van der Waals surface area contributed by atoms with Gasteiger partial charge in [0.25, 0.3) is 0 Å². The minimum Gasteiger partial charge on any atom is -0.394 e. The van der Waals surface area contributed by atoms with Crippen LogP contribution in [-0.2, 0) is 14.3 Å². The second kappa shape index (κ2) is 37.2. The molecule has 0 aromatic heterocycles. The maximum Gasteiger partial charge on any atom is 0.220 e. The molecule has 0 aromatic carbocycles. The van der Waals surface area contributed by atoms with E-state index in [1.54, 1.807) is 0 Å². The first-order chi connectivity index (χ1) is 26.8. The Morgan fingerprint density at radius 1 is 0.600 bits per heavy atom. The van der Waals surface area contributed by atoms with Crippen LogP contribution in [0, 0.1) is 0 Å². The Bertz CT molecular complexity index is 873. The van der Waals surface area contributed by atoms with Crippen molar-refractivity contribution >= 4 is 5.91 Å². The number of rotatable bonds is 39. The molecule has 0 radical (unpaired) electrons. The van der Waals surface area contributed by atoms with Gasteiger partial charge in [-0.3, -0.25) is 4.79 Å². The molecule has 1 aliphatic heterocycles. The highest BCUT2D eigenvalue weighted by Crippen LogP contribution is 2.23. The molecule has 1 rings (SSSR count). The van der Waals surface area contributed by atoms with Gasteiger partial charge in [-0.25, -0.2) is 0 Å². The highest BCUT2D eigenvalue weighted by Gasteiger charge is 2.44. The molecule has 0 saturated carbocycles. The number of allylic oxidation sites excluding steroid dienone is 2. The lowest BCUT2D eigenvalue weighted by atomic mass is 9.99. The van der Waals surface area contributed by atoms with Crippen molar-refractivity contribution in [2.45, 2.75) is 262 Å². The quantitative estimate of drug-likeness (QED) is 0.0267. The van der Waals surface area contributed by atoms with Gasteiger partial charge < -0.3 is 40.3 Å². The van der Waals surface area contributed by atoms with Crippen molar-refractivity contribution in [2.75, 3.05) is 13.2 Å². The van der Waals surface area contributed by atoms with E-state index in [1.807, 2.05) is 0 Å². The molecule has 9 nitrogen and oxygen atoms in total. The van der Waals surface area contributed by atoms with Crippen molar-refractivity contribution in [1.82, 2.24) is 5.32 Å². The number of hydrogen-bond acceptors (Lipinski definition) is 8. The number of hydrogen-bond donors (Lipinski definition) is 6. The Balaban J connectivity index is 2.33. The van der Waals surface area contributed by atoms with Crippen LogP contribution in [0.1, 0.15) is 219 Å². The molecule has 2 unspecified atom stereocenters. The Morgan fingerprint density at radius 2 is 1.02 bits per heavy atom. The van der Waals surface area contributed by atoms with Crippen molar-refractivity contribution in [1.29, 1.82) is 0 Å². The van der Waals surface area contributed by atoms with Crippen LogP contribution < -0.4 is 5.32 Å². The molecule has 1 fully saturated rings. The zero-order chi connectivity index (χ0) is 40.2. The molecule has 1 aliphatic rings. The predicted octanol–water partition coefficient (Wildman–Crippen LogP) is 9.73. The standard InChI is InChI=1S/C46H89NO8/c1-3-5-7-9-11-13-15-17-19-20-22-23-25-27-29-31-33-35-40(49)39(38-54-46-45(53)44(52)43(51)41(37-48)55-46)47-42(50)36-34-32-30-28-26-24-21-18-16-14-12-10-8-6-4-2/h18,21,39-41,43-46,48-49,51-53H,3-17,19-20,22-38H2,1-2H3,(H,47,50)/b21-18+/t39-,40+,41+,43+,44?,45?,46+/m0/s1. The average Bonchev–Trinajstić information content (AvgIpc) is 3.18. The van der Waals surface area contributed by atoms with Crippen LogP contribution in [0.3, 0.4) is 0 Å². The van der Waals surface area contributed by atoms with Crippen molar-refractivity contribution in [2.24, 2.45) is 0 Å². The molecule has 0 spiro atoms. The molecule has 9 heteroatoms. The average molecular weight is 784 g/mol. The van der Waals surface area contributed by atoms with E-state index in [0.29, 0.717) is 12.8 Å². The fourth-order valence-corrected chi connectivity index (χ4v) is 7.57. The van der Waals surface area contributed by atoms with E-state index in [2.05, 4.69) is 31.3 Å². The second-order valence-electron chi connectivity index (χ2n) is 16.6. The van der Waals surface area contributed by atoms with Gasteiger partial charge in [-0.05, 0) is 38.5 Å². The normalized spacial score (nSPS) is 21.3. The Morgan fingerprint density at radius 3 is 1.47 bits per heavy atom. The minimum absolute atomic E-state index is 0.138. The first-order valence-corrected chi connectivity index (χ1v) is 23.4. The number of nitrogens with one attached hydrogen (secondary N) is 1. The van der Waals surface area contributed by atoms with Crippen molar-refractivity contribution in [3.8, 4) is 0 Å². The van der Waals surface area contributed by atoms with Crippen LogP contribution in [0.2, 0.25) is 0 Å². The van der Waals surface area contributed by atoms with E-state index in [-0.39, 0.29) is 12.5 Å². The third kappa shape index (κ3) is 28.1. The third-order valence-electron chi connectivity index (χ3n) is 11.4. The number of aliphatic hydroxyl groups is 5. The van der Waals surface area contributed by atoms with Gasteiger partial charge in [0.2, 0.25) is 5.91 Å². The maximum atomic E-state index is 13.0. The van der Waals surface area contributed by atoms with Crippen LogP contribution in [-0.4, -0.2) is 87.5 Å². The summed E-state index contributed by atoms with van der Waals surface area (Å²) in [7, 11) is 0. The summed E-state index contributed by atoms with van der Waals surface area (Å²) in [6, 6.07) is -0.718. The molecule has 7 atom stereocenters. The Labute approximate surface area is 337 Å². The number of carbonyl (C=O) groups is 1. The van der Waals surface area contributed by atoms with Gasteiger partial charge in [-0.2, -0.15) is 0 Å². The van der Waals surface area contributed by atoms with E-state index in [0.717, 1.165) is 51.4 Å². The zero-order valence-electron chi connectivity index (χ0n) is 35.7. The van der Waals surface area contributed by atoms with Crippen LogP contribution in [0.4, 0.5) is 0 Å². The van der Waals surface area contributed by atoms with Gasteiger partial charge in [0.1, 0.15) is 24.4 Å². The summed E-state index contributed by atoms with van der Waals surface area (Å²) in [5, 5.41) is 54.3. The molecule has 0 bridgehead atoms. The lowest BCUT2D eigenvalue weighted by molar-refractivity contribution is -0.302. The van der Waals surface area contributed by atoms with E-state index in [9.17, 15) is 30.3 Å². The van der Waals surface area contributed by atoms with Gasteiger partial charge in [0.05, 0.1) is 25.4 Å². The molecular formula is C46H89NO8. The van der Waals surface area contributed by atoms with Crippen LogP contribution in [0.25, 0.3) is 0 Å². The molecule has 0 aliphatic carbocycles. The van der Waals surface area contributed by atoms with Gasteiger partial charge in [0, 0.05) is 6.42 Å². The number of ether oxygens (including phenoxy) is 2. The number of amides is 1. The van der Waals surface area contributed by atoms with Gasteiger partial charge in [-0.1, -0.05) is 187 Å². The topological polar surface area (TPSA) is 149 Å². The molecule has 6 N–H and O–H groups in total. The summed E-state index contributed by atoms with van der Waals surface area (Å²) < 4.78 is 11.3. The second-order valence-corrected chi connectivity index (χ2v) is 16.6. The number of unbranched alkanes of at least 4 members (excludes halogenated alkanes) is 27. The van der Waals surface area contributed by atoms with Crippen molar-refractivity contribution in [3.05, 3.63) is 12.2 Å². The van der Waals surface area contributed by atoms with Gasteiger partial charge in [-0.15, -0.1) is 0 Å². The molecular weight excluding hydrogens is 695 g/mol. The zero-order valence-corrected chi connectivity index (χ0v) is 35.7. The van der Waals surface area contributed by atoms with Crippen LogP contribution in [0.15, 0.2) is 12.2 Å².